The molecule has 2 bridgehead atoms. The molecule has 0 aliphatic heterocycles. The minimum absolute atomic E-state index is 0.159. The summed E-state index contributed by atoms with van der Waals surface area (Å²) in [6.07, 6.45) is 2.58. The summed E-state index contributed by atoms with van der Waals surface area (Å²) in [5.74, 6) is -2.57. The second-order valence-electron chi connectivity index (χ2n) is 4.26. The van der Waals surface area contributed by atoms with Gasteiger partial charge in [-0.1, -0.05) is 11.6 Å². The molecule has 2 aliphatic carbocycles. The SMILES string of the molecule is CC1=CC2(C(=O)O)CC1CC2C(=O)O. The minimum Gasteiger partial charge on any atom is -0.481 e. The van der Waals surface area contributed by atoms with Crippen molar-refractivity contribution in [3.8, 4) is 0 Å². The zero-order valence-electron chi connectivity index (χ0n) is 7.86. The Morgan fingerprint density at radius 1 is 1.50 bits per heavy atom. The number of fused-ring (bicyclic) bond motifs is 2. The molecule has 2 N–H and O–H groups in total. The van der Waals surface area contributed by atoms with Crippen LogP contribution in [0.4, 0.5) is 0 Å². The lowest BCUT2D eigenvalue weighted by Crippen LogP contribution is -2.37. The summed E-state index contributed by atoms with van der Waals surface area (Å²) in [7, 11) is 0. The lowest BCUT2D eigenvalue weighted by molar-refractivity contribution is -0.157. The fourth-order valence-corrected chi connectivity index (χ4v) is 2.78. The zero-order chi connectivity index (χ0) is 10.5. The molecule has 1 saturated carbocycles. The van der Waals surface area contributed by atoms with E-state index in [9.17, 15) is 9.59 Å². The standard InChI is InChI=1S/C10H12O4/c1-5-3-10(9(13)14)4-6(5)2-7(10)8(11)12/h3,6-7H,2,4H2,1H3,(H,11,12)(H,13,14). The van der Waals surface area contributed by atoms with Crippen LogP contribution in [0.25, 0.3) is 0 Å². The van der Waals surface area contributed by atoms with Gasteiger partial charge in [-0.25, -0.2) is 0 Å². The maximum atomic E-state index is 11.1. The Balaban J connectivity index is 2.44. The fraction of sp³-hybridized carbons (Fsp3) is 0.600. The van der Waals surface area contributed by atoms with Gasteiger partial charge < -0.3 is 10.2 Å². The average molecular weight is 196 g/mol. The van der Waals surface area contributed by atoms with Crippen LogP contribution in [0.2, 0.25) is 0 Å². The highest BCUT2D eigenvalue weighted by molar-refractivity contribution is 5.87. The monoisotopic (exact) mass is 196 g/mol. The van der Waals surface area contributed by atoms with Gasteiger partial charge in [0.1, 0.15) is 0 Å². The van der Waals surface area contributed by atoms with E-state index in [0.717, 1.165) is 5.57 Å². The topological polar surface area (TPSA) is 74.6 Å². The fourth-order valence-electron chi connectivity index (χ4n) is 2.78. The number of carbonyl (C=O) groups is 2. The van der Waals surface area contributed by atoms with E-state index in [1.54, 1.807) is 6.08 Å². The van der Waals surface area contributed by atoms with Crippen molar-refractivity contribution in [3.63, 3.8) is 0 Å². The van der Waals surface area contributed by atoms with Crippen LogP contribution in [0.1, 0.15) is 19.8 Å². The number of aliphatic carboxylic acids is 2. The van der Waals surface area contributed by atoms with Crippen LogP contribution in [0.5, 0.6) is 0 Å². The molecule has 0 saturated heterocycles. The van der Waals surface area contributed by atoms with E-state index in [-0.39, 0.29) is 5.92 Å². The highest BCUT2D eigenvalue weighted by atomic mass is 16.4. The van der Waals surface area contributed by atoms with Gasteiger partial charge in [0.25, 0.3) is 0 Å². The van der Waals surface area contributed by atoms with E-state index in [2.05, 4.69) is 0 Å². The van der Waals surface area contributed by atoms with Crippen LogP contribution < -0.4 is 0 Å². The first-order valence-electron chi connectivity index (χ1n) is 4.63. The number of hydrogen-bond donors (Lipinski definition) is 2. The van der Waals surface area contributed by atoms with Crippen LogP contribution in [0.3, 0.4) is 0 Å². The molecule has 4 nitrogen and oxygen atoms in total. The van der Waals surface area contributed by atoms with Gasteiger partial charge in [0.2, 0.25) is 0 Å². The summed E-state index contributed by atoms with van der Waals surface area (Å²) in [4.78, 5) is 22.0. The summed E-state index contributed by atoms with van der Waals surface area (Å²) in [6, 6.07) is 0. The quantitative estimate of drug-likeness (QED) is 0.649. The van der Waals surface area contributed by atoms with E-state index in [4.69, 9.17) is 10.2 Å². The second kappa shape index (κ2) is 2.59. The molecule has 14 heavy (non-hydrogen) atoms. The van der Waals surface area contributed by atoms with Gasteiger partial charge in [0.15, 0.2) is 0 Å². The number of hydrogen-bond acceptors (Lipinski definition) is 2. The minimum atomic E-state index is -1.12. The molecule has 2 aliphatic rings. The third-order valence-electron chi connectivity index (χ3n) is 3.55. The van der Waals surface area contributed by atoms with Crippen molar-refractivity contribution >= 4 is 11.9 Å². The van der Waals surface area contributed by atoms with Crippen molar-refractivity contribution < 1.29 is 19.8 Å². The molecular weight excluding hydrogens is 184 g/mol. The second-order valence-corrected chi connectivity index (χ2v) is 4.26. The predicted molar refractivity (Wildman–Crippen MR) is 47.7 cm³/mol. The molecular formula is C10H12O4. The van der Waals surface area contributed by atoms with Crippen LogP contribution >= 0.6 is 0 Å². The maximum Gasteiger partial charge on any atom is 0.314 e. The Hall–Kier alpha value is -1.32. The molecule has 76 valence electrons. The molecule has 4 heteroatoms. The molecule has 0 amide bonds. The number of rotatable bonds is 2. The third kappa shape index (κ3) is 0.937. The number of carboxylic acids is 2. The van der Waals surface area contributed by atoms with Gasteiger partial charge in [-0.2, -0.15) is 0 Å². The molecule has 3 atom stereocenters. The van der Waals surface area contributed by atoms with Gasteiger partial charge in [-0.15, -0.1) is 0 Å². The highest BCUT2D eigenvalue weighted by Crippen LogP contribution is 2.56. The van der Waals surface area contributed by atoms with Crippen LogP contribution in [0.15, 0.2) is 11.6 Å². The number of allylic oxidation sites excluding steroid dienone is 1. The molecule has 0 radical (unpaired) electrons. The first-order valence-corrected chi connectivity index (χ1v) is 4.63. The highest BCUT2D eigenvalue weighted by Gasteiger charge is 2.58. The van der Waals surface area contributed by atoms with Crippen LogP contribution in [-0.2, 0) is 9.59 Å². The largest absolute Gasteiger partial charge is 0.481 e. The van der Waals surface area contributed by atoms with Crippen molar-refractivity contribution in [1.29, 1.82) is 0 Å². The van der Waals surface area contributed by atoms with E-state index < -0.39 is 23.3 Å². The normalized spacial score (nSPS) is 39.6. The Bertz CT molecular complexity index is 344. The summed E-state index contributed by atoms with van der Waals surface area (Å²) >= 11 is 0. The zero-order valence-corrected chi connectivity index (χ0v) is 7.86. The molecule has 0 spiro atoms. The lowest BCUT2D eigenvalue weighted by Gasteiger charge is -2.25. The lowest BCUT2D eigenvalue weighted by atomic mass is 9.77. The third-order valence-corrected chi connectivity index (χ3v) is 3.55. The van der Waals surface area contributed by atoms with Crippen molar-refractivity contribution in [1.82, 2.24) is 0 Å². The maximum absolute atomic E-state index is 11.1. The molecule has 0 aromatic rings. The van der Waals surface area contributed by atoms with Gasteiger partial charge >= 0.3 is 11.9 Å². The Morgan fingerprint density at radius 2 is 2.14 bits per heavy atom. The van der Waals surface area contributed by atoms with Crippen molar-refractivity contribution in [2.45, 2.75) is 19.8 Å². The summed E-state index contributed by atoms with van der Waals surface area (Å²) in [5.41, 5.74) is -0.0921. The summed E-state index contributed by atoms with van der Waals surface area (Å²) in [6.45, 7) is 1.88. The molecule has 0 heterocycles. The van der Waals surface area contributed by atoms with Gasteiger partial charge in [0, 0.05) is 0 Å². The Kier molecular flexibility index (Phi) is 1.71. The summed E-state index contributed by atoms with van der Waals surface area (Å²) < 4.78 is 0. The van der Waals surface area contributed by atoms with Gasteiger partial charge in [0.05, 0.1) is 11.3 Å². The van der Waals surface area contributed by atoms with Gasteiger partial charge in [-0.3, -0.25) is 9.59 Å². The van der Waals surface area contributed by atoms with E-state index in [0.29, 0.717) is 12.8 Å². The molecule has 0 aromatic carbocycles. The van der Waals surface area contributed by atoms with Gasteiger partial charge in [-0.05, 0) is 25.7 Å². The van der Waals surface area contributed by atoms with E-state index in [1.165, 1.54) is 0 Å². The average Bonchev–Trinajstić information content (AvgIpc) is 2.58. The van der Waals surface area contributed by atoms with Crippen LogP contribution in [-0.4, -0.2) is 22.2 Å². The number of carboxylic acid groups (broad SMARTS) is 2. The molecule has 0 aromatic heterocycles. The first-order chi connectivity index (χ1) is 6.47. The summed E-state index contributed by atoms with van der Waals surface area (Å²) in [5, 5.41) is 18.1. The first kappa shape index (κ1) is 9.24. The van der Waals surface area contributed by atoms with E-state index >= 15 is 0 Å². The van der Waals surface area contributed by atoms with Crippen molar-refractivity contribution in [2.75, 3.05) is 0 Å². The predicted octanol–water partition coefficient (Wildman–Crippen LogP) is 1.13. The Labute approximate surface area is 81.2 Å². The van der Waals surface area contributed by atoms with Crippen molar-refractivity contribution in [2.24, 2.45) is 17.3 Å². The molecule has 1 fully saturated rings. The van der Waals surface area contributed by atoms with Crippen LogP contribution in [0, 0.1) is 17.3 Å². The Morgan fingerprint density at radius 3 is 2.57 bits per heavy atom. The van der Waals surface area contributed by atoms with E-state index in [1.807, 2.05) is 6.92 Å². The molecule has 3 unspecified atom stereocenters. The van der Waals surface area contributed by atoms with Crippen molar-refractivity contribution in [3.05, 3.63) is 11.6 Å². The smallest absolute Gasteiger partial charge is 0.314 e. The molecule has 2 rings (SSSR count).